The molecular formula is C19H27N3O5. The number of carboxylic acids is 1. The molecule has 0 radical (unpaired) electrons. The van der Waals surface area contributed by atoms with E-state index in [0.29, 0.717) is 19.5 Å². The third-order valence-corrected chi connectivity index (χ3v) is 4.81. The fourth-order valence-corrected chi connectivity index (χ4v) is 3.34. The Bertz CT molecular complexity index is 686. The van der Waals surface area contributed by atoms with E-state index < -0.39 is 12.0 Å². The number of hydrogen-bond acceptors (Lipinski definition) is 5. The molecule has 1 fully saturated rings. The van der Waals surface area contributed by atoms with Gasteiger partial charge in [0.1, 0.15) is 6.04 Å². The van der Waals surface area contributed by atoms with E-state index in [1.54, 1.807) is 4.90 Å². The number of carboxylic acid groups (broad SMARTS) is 1. The van der Waals surface area contributed by atoms with Crippen LogP contribution in [-0.2, 0) is 11.3 Å². The number of aliphatic carboxylic acids is 1. The lowest BCUT2D eigenvalue weighted by Crippen LogP contribution is -2.54. The number of benzene rings is 1. The Kier molecular flexibility index (Phi) is 6.05. The summed E-state index contributed by atoms with van der Waals surface area (Å²) in [6, 6.07) is 4.79. The summed E-state index contributed by atoms with van der Waals surface area (Å²) < 4.78 is 10.7. The van der Waals surface area contributed by atoms with E-state index in [0.717, 1.165) is 36.7 Å². The minimum Gasteiger partial charge on any atom is -0.480 e. The maximum absolute atomic E-state index is 12.4. The second kappa shape index (κ2) is 8.47. The van der Waals surface area contributed by atoms with E-state index in [1.807, 2.05) is 32.0 Å². The van der Waals surface area contributed by atoms with Gasteiger partial charge < -0.3 is 24.8 Å². The number of carbonyl (C=O) groups excluding carboxylic acids is 1. The van der Waals surface area contributed by atoms with Gasteiger partial charge in [0.05, 0.1) is 0 Å². The Morgan fingerprint density at radius 3 is 2.52 bits per heavy atom. The van der Waals surface area contributed by atoms with Gasteiger partial charge in [-0.1, -0.05) is 19.9 Å². The van der Waals surface area contributed by atoms with Gasteiger partial charge in [0.15, 0.2) is 11.5 Å². The van der Waals surface area contributed by atoms with Crippen LogP contribution in [0.3, 0.4) is 0 Å². The molecule has 3 rings (SSSR count). The van der Waals surface area contributed by atoms with E-state index in [2.05, 4.69) is 10.2 Å². The first kappa shape index (κ1) is 19.3. The van der Waals surface area contributed by atoms with Crippen molar-refractivity contribution < 1.29 is 24.2 Å². The third-order valence-electron chi connectivity index (χ3n) is 4.81. The number of ether oxygens (including phenoxy) is 2. The quantitative estimate of drug-likeness (QED) is 0.785. The van der Waals surface area contributed by atoms with Crippen molar-refractivity contribution in [3.05, 3.63) is 23.8 Å². The number of piperazine rings is 1. The molecular weight excluding hydrogens is 350 g/mol. The zero-order chi connectivity index (χ0) is 19.4. The zero-order valence-electron chi connectivity index (χ0n) is 15.8. The molecule has 0 saturated carbocycles. The number of nitrogens with zero attached hydrogens (tertiary/aromatic N) is 2. The number of hydrogen-bond donors (Lipinski definition) is 2. The lowest BCUT2D eigenvalue weighted by atomic mass is 10.0. The van der Waals surface area contributed by atoms with Crippen LogP contribution in [0.15, 0.2) is 18.2 Å². The van der Waals surface area contributed by atoms with Gasteiger partial charge in [-0.25, -0.2) is 9.59 Å². The van der Waals surface area contributed by atoms with Crippen LogP contribution < -0.4 is 14.8 Å². The Morgan fingerprint density at radius 2 is 1.85 bits per heavy atom. The van der Waals surface area contributed by atoms with Gasteiger partial charge in [-0.05, 0) is 30.0 Å². The monoisotopic (exact) mass is 377 g/mol. The van der Waals surface area contributed by atoms with Crippen LogP contribution in [0.2, 0.25) is 0 Å². The average molecular weight is 377 g/mol. The summed E-state index contributed by atoms with van der Waals surface area (Å²) in [6.45, 7) is 7.55. The lowest BCUT2D eigenvalue weighted by Gasteiger charge is -2.35. The molecule has 148 valence electrons. The van der Waals surface area contributed by atoms with E-state index >= 15 is 0 Å². The Morgan fingerprint density at radius 1 is 1.15 bits per heavy atom. The fraction of sp³-hybridized carbons (Fsp3) is 0.579. The highest BCUT2D eigenvalue weighted by Crippen LogP contribution is 2.32. The molecule has 1 saturated heterocycles. The zero-order valence-corrected chi connectivity index (χ0v) is 15.8. The van der Waals surface area contributed by atoms with Gasteiger partial charge in [-0.15, -0.1) is 0 Å². The van der Waals surface area contributed by atoms with Crippen molar-refractivity contribution in [3.63, 3.8) is 0 Å². The first-order valence-electron chi connectivity index (χ1n) is 9.31. The van der Waals surface area contributed by atoms with E-state index in [-0.39, 0.29) is 18.7 Å². The highest BCUT2D eigenvalue weighted by Gasteiger charge is 2.26. The van der Waals surface area contributed by atoms with Crippen molar-refractivity contribution in [2.24, 2.45) is 5.92 Å². The van der Waals surface area contributed by atoms with Crippen LogP contribution in [0.4, 0.5) is 4.79 Å². The average Bonchev–Trinajstić information content (AvgIpc) is 3.09. The van der Waals surface area contributed by atoms with Crippen molar-refractivity contribution >= 4 is 12.0 Å². The molecule has 2 aliphatic rings. The minimum absolute atomic E-state index is 0.199. The number of nitrogens with one attached hydrogen (secondary N) is 1. The summed E-state index contributed by atoms with van der Waals surface area (Å²) in [6.07, 6.45) is 0.422. The molecule has 2 amide bonds. The minimum atomic E-state index is -0.988. The molecule has 2 aliphatic heterocycles. The first-order valence-corrected chi connectivity index (χ1v) is 9.31. The Hall–Kier alpha value is -2.48. The second-order valence-electron chi connectivity index (χ2n) is 7.42. The standard InChI is InChI=1S/C19H27N3O5/c1-13(2)9-15(18(23)24)20-19(25)22-7-5-21(6-8-22)11-14-3-4-16-17(10-14)27-12-26-16/h3-4,10,13,15H,5-9,11-12H2,1-2H3,(H,20,25)(H,23,24). The number of rotatable bonds is 6. The first-order chi connectivity index (χ1) is 12.9. The fourth-order valence-electron chi connectivity index (χ4n) is 3.34. The number of fused-ring (bicyclic) bond motifs is 1. The summed E-state index contributed by atoms with van der Waals surface area (Å²) in [7, 11) is 0. The summed E-state index contributed by atoms with van der Waals surface area (Å²) in [5.74, 6) is 0.758. The Balaban J connectivity index is 1.48. The normalized spacial score (nSPS) is 17.8. The van der Waals surface area contributed by atoms with E-state index in [9.17, 15) is 14.7 Å². The number of carbonyl (C=O) groups is 2. The third kappa shape index (κ3) is 5.03. The highest BCUT2D eigenvalue weighted by atomic mass is 16.7. The molecule has 1 unspecified atom stereocenters. The summed E-state index contributed by atoms with van der Waals surface area (Å²) >= 11 is 0. The van der Waals surface area contributed by atoms with Crippen LogP contribution in [0.5, 0.6) is 11.5 Å². The van der Waals surface area contributed by atoms with Gasteiger partial charge in [0, 0.05) is 32.7 Å². The molecule has 8 heteroatoms. The van der Waals surface area contributed by atoms with Crippen LogP contribution >= 0.6 is 0 Å². The lowest BCUT2D eigenvalue weighted by molar-refractivity contribution is -0.139. The largest absolute Gasteiger partial charge is 0.480 e. The van der Waals surface area contributed by atoms with Crippen molar-refractivity contribution in [2.75, 3.05) is 33.0 Å². The molecule has 2 N–H and O–H groups in total. The molecule has 0 aliphatic carbocycles. The molecule has 1 aromatic rings. The second-order valence-corrected chi connectivity index (χ2v) is 7.42. The predicted molar refractivity (Wildman–Crippen MR) is 98.8 cm³/mol. The van der Waals surface area contributed by atoms with E-state index in [1.165, 1.54) is 0 Å². The van der Waals surface area contributed by atoms with Crippen molar-refractivity contribution in [3.8, 4) is 11.5 Å². The van der Waals surface area contributed by atoms with Gasteiger partial charge in [0.25, 0.3) is 0 Å². The van der Waals surface area contributed by atoms with Gasteiger partial charge in [-0.2, -0.15) is 0 Å². The molecule has 1 aromatic carbocycles. The Labute approximate surface area is 159 Å². The summed E-state index contributed by atoms with van der Waals surface area (Å²) in [5.41, 5.74) is 1.14. The smallest absolute Gasteiger partial charge is 0.326 e. The van der Waals surface area contributed by atoms with Gasteiger partial charge in [-0.3, -0.25) is 4.90 Å². The van der Waals surface area contributed by atoms with Gasteiger partial charge in [0.2, 0.25) is 6.79 Å². The molecule has 2 heterocycles. The van der Waals surface area contributed by atoms with E-state index in [4.69, 9.17) is 9.47 Å². The van der Waals surface area contributed by atoms with Crippen LogP contribution in [0.25, 0.3) is 0 Å². The topological polar surface area (TPSA) is 91.3 Å². The maximum atomic E-state index is 12.4. The molecule has 0 bridgehead atoms. The summed E-state index contributed by atoms with van der Waals surface area (Å²) in [4.78, 5) is 27.7. The van der Waals surface area contributed by atoms with Crippen molar-refractivity contribution in [1.82, 2.24) is 15.1 Å². The predicted octanol–water partition coefficient (Wildman–Crippen LogP) is 1.74. The highest BCUT2D eigenvalue weighted by molar-refractivity contribution is 5.82. The molecule has 1 atom stereocenters. The molecule has 0 spiro atoms. The van der Waals surface area contributed by atoms with Crippen LogP contribution in [0, 0.1) is 5.92 Å². The number of amides is 2. The molecule has 0 aromatic heterocycles. The van der Waals surface area contributed by atoms with Crippen molar-refractivity contribution in [1.29, 1.82) is 0 Å². The molecule has 8 nitrogen and oxygen atoms in total. The number of urea groups is 1. The summed E-state index contributed by atoms with van der Waals surface area (Å²) in [5, 5.41) is 11.9. The SMILES string of the molecule is CC(C)CC(NC(=O)N1CCN(Cc2ccc3c(c2)OCO3)CC1)C(=O)O. The van der Waals surface area contributed by atoms with Gasteiger partial charge >= 0.3 is 12.0 Å². The van der Waals surface area contributed by atoms with Crippen LogP contribution in [0.1, 0.15) is 25.8 Å². The molecule has 27 heavy (non-hydrogen) atoms. The van der Waals surface area contributed by atoms with Crippen LogP contribution in [-0.4, -0.2) is 65.9 Å². The van der Waals surface area contributed by atoms with Crippen molar-refractivity contribution in [2.45, 2.75) is 32.9 Å². The maximum Gasteiger partial charge on any atom is 0.326 e.